The molecular formula is C26H21N3O13S2. The molecule has 3 aromatic rings. The number of nitrogen functional groups attached to an aromatic ring is 2. The fourth-order valence-corrected chi connectivity index (χ4v) is 6.60. The van der Waals surface area contributed by atoms with Crippen molar-refractivity contribution in [2.75, 3.05) is 11.5 Å². The van der Waals surface area contributed by atoms with Gasteiger partial charge in [0.2, 0.25) is 0 Å². The Hall–Kier alpha value is -5.04. The molecule has 0 saturated carbocycles. The molecule has 0 aromatic heterocycles. The fourth-order valence-electron chi connectivity index (χ4n) is 5.10. The first kappa shape index (κ1) is 30.4. The summed E-state index contributed by atoms with van der Waals surface area (Å²) in [4.78, 5) is 47.2. The van der Waals surface area contributed by atoms with Crippen molar-refractivity contribution in [3.63, 3.8) is 0 Å². The number of hydrogen-bond acceptors (Lipinski definition) is 13. The van der Waals surface area contributed by atoms with Gasteiger partial charge >= 0.3 is 11.9 Å². The SMILES string of the molecule is CC(=O)ON1C(=O)CCC1=O.Nc1ccc2c(c1S(=O)(=O)O)Oc1c(ccc(N)c1S(=O)(=O)O)C21OC(=O)c2ccccc21. The van der Waals surface area contributed by atoms with Gasteiger partial charge in [0.1, 0.15) is 0 Å². The predicted molar refractivity (Wildman–Crippen MR) is 146 cm³/mol. The molecule has 0 radical (unpaired) electrons. The molecule has 44 heavy (non-hydrogen) atoms. The van der Waals surface area contributed by atoms with Gasteiger partial charge in [0, 0.05) is 36.5 Å². The Balaban J connectivity index is 0.000000296. The van der Waals surface area contributed by atoms with Crippen molar-refractivity contribution >= 4 is 55.4 Å². The number of carbonyl (C=O) groups excluding carboxylic acids is 4. The molecule has 2 amide bonds. The summed E-state index contributed by atoms with van der Waals surface area (Å²) < 4.78 is 79.9. The van der Waals surface area contributed by atoms with Crippen LogP contribution in [0, 0.1) is 0 Å². The van der Waals surface area contributed by atoms with Crippen LogP contribution in [0.25, 0.3) is 0 Å². The molecule has 1 saturated heterocycles. The maximum absolute atomic E-state index is 12.8. The smallest absolute Gasteiger partial charge is 0.340 e. The number of fused-ring (bicyclic) bond motifs is 6. The van der Waals surface area contributed by atoms with Gasteiger partial charge in [-0.3, -0.25) is 18.7 Å². The molecule has 1 spiro atoms. The summed E-state index contributed by atoms with van der Waals surface area (Å²) >= 11 is 0. The maximum Gasteiger partial charge on any atom is 0.340 e. The van der Waals surface area contributed by atoms with Crippen LogP contribution in [0.4, 0.5) is 11.4 Å². The molecule has 0 atom stereocenters. The molecule has 0 aliphatic carbocycles. The summed E-state index contributed by atoms with van der Waals surface area (Å²) in [7, 11) is -10.0. The van der Waals surface area contributed by atoms with Gasteiger partial charge in [0.15, 0.2) is 26.9 Å². The number of anilines is 2. The topological polar surface area (TPSA) is 260 Å². The Morgan fingerprint density at radius 1 is 0.818 bits per heavy atom. The van der Waals surface area contributed by atoms with E-state index in [-0.39, 0.29) is 35.1 Å². The van der Waals surface area contributed by atoms with E-state index in [1.165, 1.54) is 36.4 Å². The van der Waals surface area contributed by atoms with Crippen molar-refractivity contribution in [2.24, 2.45) is 0 Å². The summed E-state index contributed by atoms with van der Waals surface area (Å²) in [6, 6.07) is 11.2. The van der Waals surface area contributed by atoms with Gasteiger partial charge in [0.25, 0.3) is 32.1 Å². The monoisotopic (exact) mass is 647 g/mol. The van der Waals surface area contributed by atoms with Crippen LogP contribution in [-0.4, -0.2) is 54.8 Å². The Labute approximate surface area is 248 Å². The second-order valence-corrected chi connectivity index (χ2v) is 12.3. The number of amides is 2. The Bertz CT molecular complexity index is 1920. The van der Waals surface area contributed by atoms with E-state index < -0.39 is 82.3 Å². The first-order chi connectivity index (χ1) is 20.5. The van der Waals surface area contributed by atoms with E-state index >= 15 is 0 Å². The van der Waals surface area contributed by atoms with Crippen LogP contribution >= 0.6 is 0 Å². The van der Waals surface area contributed by atoms with Crippen LogP contribution < -0.4 is 16.2 Å². The third-order valence-corrected chi connectivity index (χ3v) is 8.64. The summed E-state index contributed by atoms with van der Waals surface area (Å²) in [5, 5.41) is 0.516. The number of imide groups is 1. The van der Waals surface area contributed by atoms with E-state index in [2.05, 4.69) is 4.84 Å². The molecule has 1 fully saturated rings. The normalized spacial score (nSPS) is 16.2. The zero-order valence-electron chi connectivity index (χ0n) is 22.3. The summed E-state index contributed by atoms with van der Waals surface area (Å²) in [5.41, 5.74) is 9.17. The Kier molecular flexibility index (Phi) is 7.12. The third kappa shape index (κ3) is 4.78. The summed E-state index contributed by atoms with van der Waals surface area (Å²) in [6.45, 7) is 1.14. The Morgan fingerprint density at radius 2 is 1.30 bits per heavy atom. The molecular weight excluding hydrogens is 626 g/mol. The number of ether oxygens (including phenoxy) is 2. The number of carbonyl (C=O) groups is 4. The van der Waals surface area contributed by atoms with Gasteiger partial charge in [-0.25, -0.2) is 9.59 Å². The summed E-state index contributed by atoms with van der Waals surface area (Å²) in [5.74, 6) is -3.50. The molecule has 3 aromatic carbocycles. The number of nitrogens with zero attached hydrogens (tertiary/aromatic N) is 1. The molecule has 18 heteroatoms. The van der Waals surface area contributed by atoms with E-state index in [1.807, 2.05) is 0 Å². The quantitative estimate of drug-likeness (QED) is 0.136. The van der Waals surface area contributed by atoms with Crippen molar-refractivity contribution in [1.82, 2.24) is 5.06 Å². The largest absolute Gasteiger partial charge is 0.453 e. The van der Waals surface area contributed by atoms with Crippen molar-refractivity contribution in [1.29, 1.82) is 0 Å². The second kappa shape index (κ2) is 10.3. The number of nitrogens with two attached hydrogens (primary N) is 2. The molecule has 6 rings (SSSR count). The zero-order chi connectivity index (χ0) is 32.4. The predicted octanol–water partition coefficient (Wildman–Crippen LogP) is 1.53. The number of rotatable bonds is 3. The van der Waals surface area contributed by atoms with E-state index in [0.717, 1.165) is 6.92 Å². The van der Waals surface area contributed by atoms with Gasteiger partial charge < -0.3 is 25.8 Å². The number of benzene rings is 3. The standard InChI is InChI=1S/C20H14N2O9S2.C6H7NO4/c21-13-7-5-11-15(17(13)32(24,25)26)30-16-12(6-8-14(22)18(16)33(27,28)29)20(11)10-4-2-1-3-9(10)19(23)31-20;1-4(8)11-7-5(9)2-3-6(7)10/h1-8H,21-22H2,(H,24,25,26)(H,27,28,29);2-3H2,1H3. The van der Waals surface area contributed by atoms with Crippen LogP contribution in [0.1, 0.15) is 46.8 Å². The lowest BCUT2D eigenvalue weighted by Crippen LogP contribution is -2.34. The van der Waals surface area contributed by atoms with Gasteiger partial charge in [-0.05, 0) is 30.3 Å². The molecule has 3 aliphatic rings. The van der Waals surface area contributed by atoms with Crippen molar-refractivity contribution in [3.8, 4) is 11.5 Å². The van der Waals surface area contributed by atoms with Crippen LogP contribution in [0.15, 0.2) is 58.3 Å². The molecule has 230 valence electrons. The maximum atomic E-state index is 12.8. The lowest BCUT2D eigenvalue weighted by atomic mass is 9.77. The minimum atomic E-state index is -5.01. The third-order valence-electron chi connectivity index (χ3n) is 6.76. The van der Waals surface area contributed by atoms with Crippen molar-refractivity contribution < 1.29 is 59.4 Å². The van der Waals surface area contributed by atoms with Crippen LogP contribution in [0.2, 0.25) is 0 Å². The average molecular weight is 648 g/mol. The minimum Gasteiger partial charge on any atom is -0.453 e. The number of hydroxylamine groups is 2. The molecule has 6 N–H and O–H groups in total. The van der Waals surface area contributed by atoms with Gasteiger partial charge in [-0.2, -0.15) is 16.8 Å². The minimum absolute atomic E-state index is 0.0406. The van der Waals surface area contributed by atoms with Crippen molar-refractivity contribution in [3.05, 3.63) is 70.8 Å². The molecule has 16 nitrogen and oxygen atoms in total. The molecule has 3 aliphatic heterocycles. The fraction of sp³-hybridized carbons (Fsp3) is 0.154. The van der Waals surface area contributed by atoms with E-state index in [1.54, 1.807) is 12.1 Å². The van der Waals surface area contributed by atoms with E-state index in [9.17, 15) is 45.1 Å². The first-order valence-corrected chi connectivity index (χ1v) is 15.2. The highest BCUT2D eigenvalue weighted by atomic mass is 32.2. The zero-order valence-corrected chi connectivity index (χ0v) is 24.0. The van der Waals surface area contributed by atoms with E-state index in [4.69, 9.17) is 20.9 Å². The van der Waals surface area contributed by atoms with Crippen LogP contribution in [0.3, 0.4) is 0 Å². The van der Waals surface area contributed by atoms with Gasteiger partial charge in [-0.1, -0.05) is 18.2 Å². The highest BCUT2D eigenvalue weighted by Crippen LogP contribution is 2.59. The van der Waals surface area contributed by atoms with E-state index in [0.29, 0.717) is 5.06 Å². The summed E-state index contributed by atoms with van der Waals surface area (Å²) in [6.07, 6.45) is 0.262. The van der Waals surface area contributed by atoms with Crippen molar-refractivity contribution in [2.45, 2.75) is 35.2 Å². The molecule has 0 bridgehead atoms. The van der Waals surface area contributed by atoms with Gasteiger partial charge in [-0.15, -0.1) is 5.06 Å². The highest BCUT2D eigenvalue weighted by Gasteiger charge is 2.55. The first-order valence-electron chi connectivity index (χ1n) is 12.3. The highest BCUT2D eigenvalue weighted by molar-refractivity contribution is 7.86. The molecule has 3 heterocycles. The van der Waals surface area contributed by atoms with Gasteiger partial charge in [0.05, 0.1) is 16.9 Å². The van der Waals surface area contributed by atoms with Crippen LogP contribution in [-0.2, 0) is 49.8 Å². The van der Waals surface area contributed by atoms with Crippen LogP contribution in [0.5, 0.6) is 11.5 Å². The molecule has 0 unspecified atom stereocenters. The Morgan fingerprint density at radius 3 is 1.75 bits per heavy atom. The lowest BCUT2D eigenvalue weighted by Gasteiger charge is -2.37. The number of hydrogen-bond donors (Lipinski definition) is 4. The average Bonchev–Trinajstić information content (AvgIpc) is 3.38. The lowest BCUT2D eigenvalue weighted by molar-refractivity contribution is -0.195. The second-order valence-electron chi connectivity index (χ2n) is 9.55. The number of esters is 1.